The van der Waals surface area contributed by atoms with Crippen molar-refractivity contribution in [3.8, 4) is 17.1 Å². The Kier molecular flexibility index (Phi) is 5.54. The molecule has 2 heterocycles. The standard InChI is InChI=1S/C21H18BrN3O2S/c1-2-3-11-27-17-9-7-15(8-10-17)19-23-21-25(24-19)20(26)18(28-21)13-14-5-4-6-16(22)12-14/h4-10,12-13H,2-3,11H2,1H3/b18-13+. The Balaban J connectivity index is 1.62. The van der Waals surface area contributed by atoms with Crippen LogP contribution in [0.3, 0.4) is 0 Å². The van der Waals surface area contributed by atoms with Gasteiger partial charge in [0, 0.05) is 10.0 Å². The minimum atomic E-state index is -0.154. The summed E-state index contributed by atoms with van der Waals surface area (Å²) in [4.78, 5) is 17.8. The van der Waals surface area contributed by atoms with Crippen LogP contribution < -0.4 is 14.8 Å². The van der Waals surface area contributed by atoms with Gasteiger partial charge in [-0.1, -0.05) is 52.7 Å². The Hall–Kier alpha value is -2.51. The highest BCUT2D eigenvalue weighted by Gasteiger charge is 2.12. The fourth-order valence-electron chi connectivity index (χ4n) is 2.74. The number of unbranched alkanes of at least 4 members (excludes halogenated alkanes) is 1. The summed E-state index contributed by atoms with van der Waals surface area (Å²) in [5, 5.41) is 4.40. The van der Waals surface area contributed by atoms with Crippen molar-refractivity contribution in [2.75, 3.05) is 6.61 Å². The molecule has 5 nitrogen and oxygen atoms in total. The minimum absolute atomic E-state index is 0.154. The van der Waals surface area contributed by atoms with E-state index in [1.165, 1.54) is 15.9 Å². The summed E-state index contributed by atoms with van der Waals surface area (Å²) in [6.45, 7) is 2.85. The van der Waals surface area contributed by atoms with Gasteiger partial charge in [-0.25, -0.2) is 0 Å². The number of thiazole rings is 1. The lowest BCUT2D eigenvalue weighted by molar-refractivity contribution is 0.309. The molecular formula is C21H18BrN3O2S. The van der Waals surface area contributed by atoms with Crippen LogP contribution in [0.2, 0.25) is 0 Å². The molecular weight excluding hydrogens is 438 g/mol. The smallest absolute Gasteiger partial charge is 0.291 e. The van der Waals surface area contributed by atoms with E-state index in [2.05, 4.69) is 32.9 Å². The Morgan fingerprint density at radius 2 is 2.04 bits per heavy atom. The normalized spacial score (nSPS) is 12.0. The molecule has 0 amide bonds. The largest absolute Gasteiger partial charge is 0.494 e. The van der Waals surface area contributed by atoms with Gasteiger partial charge in [-0.05, 0) is 54.5 Å². The fraction of sp³-hybridized carbons (Fsp3) is 0.190. The van der Waals surface area contributed by atoms with E-state index in [9.17, 15) is 4.79 Å². The number of hydrogen-bond acceptors (Lipinski definition) is 5. The summed E-state index contributed by atoms with van der Waals surface area (Å²) < 4.78 is 8.63. The molecule has 0 fully saturated rings. The van der Waals surface area contributed by atoms with Crippen molar-refractivity contribution in [3.63, 3.8) is 0 Å². The molecule has 0 radical (unpaired) electrons. The van der Waals surface area contributed by atoms with Crippen molar-refractivity contribution in [3.05, 3.63) is 73.5 Å². The third-order valence-electron chi connectivity index (χ3n) is 4.21. The summed E-state index contributed by atoms with van der Waals surface area (Å²) in [5.41, 5.74) is 1.66. The maximum atomic E-state index is 12.7. The van der Waals surface area contributed by atoms with Crippen LogP contribution >= 0.6 is 27.3 Å². The number of aromatic nitrogens is 3. The highest BCUT2D eigenvalue weighted by atomic mass is 79.9. The van der Waals surface area contributed by atoms with Crippen molar-refractivity contribution in [1.82, 2.24) is 14.6 Å². The van der Waals surface area contributed by atoms with E-state index < -0.39 is 0 Å². The molecule has 28 heavy (non-hydrogen) atoms. The van der Waals surface area contributed by atoms with Gasteiger partial charge in [0.25, 0.3) is 5.56 Å². The molecule has 0 N–H and O–H groups in total. The zero-order valence-corrected chi connectivity index (χ0v) is 17.7. The number of fused-ring (bicyclic) bond motifs is 1. The molecule has 0 atom stereocenters. The lowest BCUT2D eigenvalue weighted by atomic mass is 10.2. The SMILES string of the molecule is CCCCOc1ccc(-c2nc3s/c(=C/c4cccc(Br)c4)c(=O)n3n2)cc1. The number of halogens is 1. The highest BCUT2D eigenvalue weighted by Crippen LogP contribution is 2.20. The van der Waals surface area contributed by atoms with E-state index in [1.807, 2.05) is 54.6 Å². The van der Waals surface area contributed by atoms with Crippen LogP contribution in [0.15, 0.2) is 57.8 Å². The van der Waals surface area contributed by atoms with Crippen LogP contribution in [0, 0.1) is 0 Å². The molecule has 0 bridgehead atoms. The van der Waals surface area contributed by atoms with Crippen molar-refractivity contribution in [1.29, 1.82) is 0 Å². The fourth-order valence-corrected chi connectivity index (χ4v) is 4.06. The monoisotopic (exact) mass is 455 g/mol. The van der Waals surface area contributed by atoms with Crippen molar-refractivity contribution in [2.24, 2.45) is 0 Å². The first-order valence-electron chi connectivity index (χ1n) is 9.04. The van der Waals surface area contributed by atoms with Gasteiger partial charge in [0.05, 0.1) is 11.1 Å². The second-order valence-electron chi connectivity index (χ2n) is 6.33. The zero-order valence-electron chi connectivity index (χ0n) is 15.3. The van der Waals surface area contributed by atoms with E-state index in [0.717, 1.165) is 34.2 Å². The minimum Gasteiger partial charge on any atom is -0.494 e. The average molecular weight is 456 g/mol. The van der Waals surface area contributed by atoms with Gasteiger partial charge in [0.2, 0.25) is 4.96 Å². The average Bonchev–Trinajstić information content (AvgIpc) is 3.23. The molecule has 0 aliphatic rings. The summed E-state index contributed by atoms with van der Waals surface area (Å²) in [5.74, 6) is 1.37. The Bertz CT molecular complexity index is 1210. The Labute approximate surface area is 174 Å². The van der Waals surface area contributed by atoms with Crippen molar-refractivity contribution < 1.29 is 4.74 Å². The van der Waals surface area contributed by atoms with Crippen molar-refractivity contribution in [2.45, 2.75) is 19.8 Å². The quantitative estimate of drug-likeness (QED) is 0.406. The van der Waals surface area contributed by atoms with Crippen LogP contribution in [0.25, 0.3) is 22.4 Å². The van der Waals surface area contributed by atoms with E-state index >= 15 is 0 Å². The predicted octanol–water partition coefficient (Wildman–Crippen LogP) is 4.31. The van der Waals surface area contributed by atoms with E-state index in [4.69, 9.17) is 4.74 Å². The molecule has 4 rings (SSSR count). The maximum absolute atomic E-state index is 12.7. The second kappa shape index (κ2) is 8.24. The third kappa shape index (κ3) is 4.00. The molecule has 2 aromatic carbocycles. The molecule has 0 saturated carbocycles. The molecule has 142 valence electrons. The zero-order chi connectivity index (χ0) is 19.5. The van der Waals surface area contributed by atoms with Gasteiger partial charge in [0.15, 0.2) is 5.82 Å². The van der Waals surface area contributed by atoms with Crippen LogP contribution in [0.4, 0.5) is 0 Å². The highest BCUT2D eigenvalue weighted by molar-refractivity contribution is 9.10. The van der Waals surface area contributed by atoms with Crippen molar-refractivity contribution >= 4 is 38.3 Å². The molecule has 0 aliphatic carbocycles. The number of nitrogens with zero attached hydrogens (tertiary/aromatic N) is 3. The molecule has 0 spiro atoms. The van der Waals surface area contributed by atoms with Crippen LogP contribution in [-0.2, 0) is 0 Å². The van der Waals surface area contributed by atoms with Gasteiger partial charge >= 0.3 is 0 Å². The number of hydrogen-bond donors (Lipinski definition) is 0. The first-order chi connectivity index (χ1) is 13.6. The van der Waals surface area contributed by atoms with Gasteiger partial charge in [-0.15, -0.1) is 5.10 Å². The Morgan fingerprint density at radius 3 is 2.75 bits per heavy atom. The van der Waals surface area contributed by atoms with E-state index in [-0.39, 0.29) is 5.56 Å². The van der Waals surface area contributed by atoms with Crippen LogP contribution in [0.1, 0.15) is 25.3 Å². The molecule has 0 saturated heterocycles. The topological polar surface area (TPSA) is 56.5 Å². The first kappa shape index (κ1) is 18.8. The first-order valence-corrected chi connectivity index (χ1v) is 10.6. The summed E-state index contributed by atoms with van der Waals surface area (Å²) in [6, 6.07) is 15.4. The molecule has 0 aliphatic heterocycles. The Morgan fingerprint density at radius 1 is 1.21 bits per heavy atom. The summed E-state index contributed by atoms with van der Waals surface area (Å²) >= 11 is 4.78. The van der Waals surface area contributed by atoms with Gasteiger partial charge < -0.3 is 4.74 Å². The summed E-state index contributed by atoms with van der Waals surface area (Å²) in [6.07, 6.45) is 3.99. The van der Waals surface area contributed by atoms with Crippen LogP contribution in [0.5, 0.6) is 5.75 Å². The molecule has 4 aromatic rings. The lowest BCUT2D eigenvalue weighted by Gasteiger charge is -2.05. The predicted molar refractivity (Wildman–Crippen MR) is 116 cm³/mol. The van der Waals surface area contributed by atoms with Gasteiger partial charge in [-0.2, -0.15) is 9.50 Å². The molecule has 2 aromatic heterocycles. The van der Waals surface area contributed by atoms with Gasteiger partial charge in [-0.3, -0.25) is 4.79 Å². The van der Waals surface area contributed by atoms with Gasteiger partial charge in [0.1, 0.15) is 5.75 Å². The number of rotatable bonds is 6. The maximum Gasteiger partial charge on any atom is 0.291 e. The molecule has 7 heteroatoms. The van der Waals surface area contributed by atoms with Crippen LogP contribution in [-0.4, -0.2) is 21.2 Å². The summed E-state index contributed by atoms with van der Waals surface area (Å²) in [7, 11) is 0. The number of ether oxygens (including phenoxy) is 1. The van der Waals surface area contributed by atoms with E-state index in [0.29, 0.717) is 21.9 Å². The third-order valence-corrected chi connectivity index (χ3v) is 5.66. The lowest BCUT2D eigenvalue weighted by Crippen LogP contribution is -2.23. The van der Waals surface area contributed by atoms with E-state index in [1.54, 1.807) is 0 Å². The molecule has 0 unspecified atom stereocenters. The second-order valence-corrected chi connectivity index (χ2v) is 8.25. The number of benzene rings is 2.